The minimum Gasteiger partial charge on any atom is -0.478 e. The Morgan fingerprint density at radius 2 is 0.952 bits per heavy atom. The molecule has 2 nitrogen and oxygen atoms in total. The maximum Gasteiger partial charge on any atom is 0.335 e. The Balaban J connectivity index is 1.89. The topological polar surface area (TPSA) is 37.3 Å². The van der Waals surface area contributed by atoms with Crippen molar-refractivity contribution in [3.8, 4) is 22.3 Å². The van der Waals surface area contributed by atoms with E-state index in [2.05, 4.69) is 36.4 Å². The molecule has 0 saturated heterocycles. The van der Waals surface area contributed by atoms with E-state index in [-0.39, 0.29) is 0 Å². The highest BCUT2D eigenvalue weighted by Crippen LogP contribution is 2.25. The third-order valence-corrected chi connectivity index (χ3v) is 3.46. The summed E-state index contributed by atoms with van der Waals surface area (Å²) < 4.78 is 0. The van der Waals surface area contributed by atoms with Crippen LogP contribution in [0.3, 0.4) is 0 Å². The van der Waals surface area contributed by atoms with Crippen molar-refractivity contribution in [3.05, 3.63) is 84.4 Å². The highest BCUT2D eigenvalue weighted by atomic mass is 16.4. The van der Waals surface area contributed by atoms with Crippen molar-refractivity contribution in [2.75, 3.05) is 0 Å². The number of hydrogen-bond donors (Lipinski definition) is 1. The molecule has 0 atom stereocenters. The molecule has 3 aromatic carbocycles. The SMILES string of the molecule is O=C(O)c1ccc(-c2ccc(-c3ccccc3)cc2)cc1. The Morgan fingerprint density at radius 1 is 0.571 bits per heavy atom. The molecule has 0 unspecified atom stereocenters. The van der Waals surface area contributed by atoms with Crippen LogP contribution in [0.4, 0.5) is 0 Å². The molecule has 102 valence electrons. The number of carboxylic acids is 1. The second-order valence-electron chi connectivity index (χ2n) is 4.83. The second kappa shape index (κ2) is 5.63. The van der Waals surface area contributed by atoms with Gasteiger partial charge in [0.15, 0.2) is 0 Å². The fourth-order valence-electron chi connectivity index (χ4n) is 2.29. The first-order chi connectivity index (χ1) is 10.2. The third-order valence-electron chi connectivity index (χ3n) is 3.46. The van der Waals surface area contributed by atoms with E-state index in [9.17, 15) is 4.79 Å². The lowest BCUT2D eigenvalue weighted by Crippen LogP contribution is -1.94. The van der Waals surface area contributed by atoms with Gasteiger partial charge in [0.25, 0.3) is 0 Å². The van der Waals surface area contributed by atoms with Crippen molar-refractivity contribution in [3.63, 3.8) is 0 Å². The summed E-state index contributed by atoms with van der Waals surface area (Å²) in [4.78, 5) is 10.9. The summed E-state index contributed by atoms with van der Waals surface area (Å²) in [7, 11) is 0. The molecule has 0 spiro atoms. The first kappa shape index (κ1) is 13.1. The molecule has 3 rings (SSSR count). The van der Waals surface area contributed by atoms with Crippen molar-refractivity contribution < 1.29 is 9.90 Å². The number of carboxylic acid groups (broad SMARTS) is 1. The average Bonchev–Trinajstić information content (AvgIpc) is 2.56. The predicted octanol–water partition coefficient (Wildman–Crippen LogP) is 4.72. The number of rotatable bonds is 3. The lowest BCUT2D eigenvalue weighted by Gasteiger charge is -2.05. The zero-order valence-electron chi connectivity index (χ0n) is 11.4. The fourth-order valence-corrected chi connectivity index (χ4v) is 2.29. The summed E-state index contributed by atoms with van der Waals surface area (Å²) in [5.74, 6) is -0.902. The van der Waals surface area contributed by atoms with E-state index in [0.29, 0.717) is 5.56 Å². The molecule has 0 saturated carbocycles. The van der Waals surface area contributed by atoms with Crippen LogP contribution in [0, 0.1) is 0 Å². The Hall–Kier alpha value is -2.87. The van der Waals surface area contributed by atoms with Crippen molar-refractivity contribution >= 4 is 5.97 Å². The van der Waals surface area contributed by atoms with Crippen LogP contribution < -0.4 is 0 Å². The largest absolute Gasteiger partial charge is 0.478 e. The van der Waals surface area contributed by atoms with Gasteiger partial charge >= 0.3 is 5.97 Å². The Bertz CT molecular complexity index is 742. The molecule has 0 aromatic heterocycles. The maximum atomic E-state index is 10.9. The van der Waals surface area contributed by atoms with E-state index in [1.54, 1.807) is 12.1 Å². The first-order valence-corrected chi connectivity index (χ1v) is 6.73. The van der Waals surface area contributed by atoms with Gasteiger partial charge in [-0.1, -0.05) is 66.7 Å². The first-order valence-electron chi connectivity index (χ1n) is 6.73. The number of hydrogen-bond acceptors (Lipinski definition) is 1. The molecule has 0 aliphatic heterocycles. The lowest BCUT2D eigenvalue weighted by atomic mass is 10.00. The minimum absolute atomic E-state index is 0.305. The molecule has 0 amide bonds. The van der Waals surface area contributed by atoms with Crippen LogP contribution >= 0.6 is 0 Å². The zero-order valence-corrected chi connectivity index (χ0v) is 11.4. The molecule has 0 heterocycles. The normalized spacial score (nSPS) is 10.3. The van der Waals surface area contributed by atoms with Gasteiger partial charge in [-0.25, -0.2) is 4.79 Å². The number of aromatic carboxylic acids is 1. The van der Waals surface area contributed by atoms with E-state index in [1.807, 2.05) is 30.3 Å². The summed E-state index contributed by atoms with van der Waals surface area (Å²) in [6.45, 7) is 0. The van der Waals surface area contributed by atoms with Crippen LogP contribution in [-0.4, -0.2) is 11.1 Å². The van der Waals surface area contributed by atoms with Gasteiger partial charge in [0.1, 0.15) is 0 Å². The molecule has 0 bridgehead atoms. The fraction of sp³-hybridized carbons (Fsp3) is 0. The second-order valence-corrected chi connectivity index (χ2v) is 4.83. The molecule has 0 aliphatic carbocycles. The maximum absolute atomic E-state index is 10.9. The van der Waals surface area contributed by atoms with Crippen LogP contribution in [-0.2, 0) is 0 Å². The molecule has 1 N–H and O–H groups in total. The lowest BCUT2D eigenvalue weighted by molar-refractivity contribution is 0.0697. The molecular formula is C19H14O2. The Morgan fingerprint density at radius 3 is 1.38 bits per heavy atom. The van der Waals surface area contributed by atoms with E-state index in [0.717, 1.165) is 11.1 Å². The summed E-state index contributed by atoms with van der Waals surface area (Å²) in [6, 6.07) is 25.4. The molecule has 2 heteroatoms. The Labute approximate surface area is 123 Å². The molecule has 0 fully saturated rings. The van der Waals surface area contributed by atoms with Gasteiger partial charge in [0.05, 0.1) is 5.56 Å². The van der Waals surface area contributed by atoms with E-state index >= 15 is 0 Å². The van der Waals surface area contributed by atoms with Crippen LogP contribution in [0.5, 0.6) is 0 Å². The highest BCUT2D eigenvalue weighted by Gasteiger charge is 2.03. The highest BCUT2D eigenvalue weighted by molar-refractivity contribution is 5.88. The van der Waals surface area contributed by atoms with Crippen molar-refractivity contribution in [2.45, 2.75) is 0 Å². The molecule has 0 radical (unpaired) electrons. The van der Waals surface area contributed by atoms with E-state index in [1.165, 1.54) is 11.1 Å². The smallest absolute Gasteiger partial charge is 0.335 e. The van der Waals surface area contributed by atoms with Crippen LogP contribution in [0.25, 0.3) is 22.3 Å². The quantitative estimate of drug-likeness (QED) is 0.750. The summed E-state index contributed by atoms with van der Waals surface area (Å²) in [5, 5.41) is 8.91. The summed E-state index contributed by atoms with van der Waals surface area (Å²) in [6.07, 6.45) is 0. The van der Waals surface area contributed by atoms with Crippen LogP contribution in [0.15, 0.2) is 78.9 Å². The number of benzene rings is 3. The molecule has 0 aliphatic rings. The monoisotopic (exact) mass is 274 g/mol. The third kappa shape index (κ3) is 2.84. The van der Waals surface area contributed by atoms with Gasteiger partial charge in [0.2, 0.25) is 0 Å². The van der Waals surface area contributed by atoms with E-state index < -0.39 is 5.97 Å². The van der Waals surface area contributed by atoms with Gasteiger partial charge in [-0.05, 0) is 34.4 Å². The van der Waals surface area contributed by atoms with Gasteiger partial charge in [0, 0.05) is 0 Å². The van der Waals surface area contributed by atoms with Crippen LogP contribution in [0.1, 0.15) is 10.4 Å². The molecule has 3 aromatic rings. The van der Waals surface area contributed by atoms with Gasteiger partial charge in [-0.15, -0.1) is 0 Å². The Kier molecular flexibility index (Phi) is 3.52. The van der Waals surface area contributed by atoms with Crippen molar-refractivity contribution in [1.29, 1.82) is 0 Å². The van der Waals surface area contributed by atoms with Crippen molar-refractivity contribution in [2.24, 2.45) is 0 Å². The van der Waals surface area contributed by atoms with E-state index in [4.69, 9.17) is 5.11 Å². The predicted molar refractivity (Wildman–Crippen MR) is 84.3 cm³/mol. The average molecular weight is 274 g/mol. The standard InChI is InChI=1S/C19H14O2/c20-19(21)18-12-10-17(11-13-18)16-8-6-15(7-9-16)14-4-2-1-3-5-14/h1-13H,(H,20,21). The van der Waals surface area contributed by atoms with Crippen LogP contribution in [0.2, 0.25) is 0 Å². The summed E-state index contributed by atoms with van der Waals surface area (Å²) >= 11 is 0. The molecular weight excluding hydrogens is 260 g/mol. The summed E-state index contributed by atoms with van der Waals surface area (Å²) in [5.41, 5.74) is 4.75. The van der Waals surface area contributed by atoms with Gasteiger partial charge in [-0.3, -0.25) is 0 Å². The van der Waals surface area contributed by atoms with Gasteiger partial charge in [-0.2, -0.15) is 0 Å². The molecule has 21 heavy (non-hydrogen) atoms. The minimum atomic E-state index is -0.902. The number of carbonyl (C=O) groups is 1. The van der Waals surface area contributed by atoms with Crippen molar-refractivity contribution in [1.82, 2.24) is 0 Å². The zero-order chi connectivity index (χ0) is 14.7. The van der Waals surface area contributed by atoms with Gasteiger partial charge < -0.3 is 5.11 Å².